The lowest BCUT2D eigenvalue weighted by Crippen LogP contribution is -2.21. The average molecular weight is 200 g/mol. The molecule has 0 N–H and O–H groups in total. The number of rotatable bonds is 6. The van der Waals surface area contributed by atoms with Gasteiger partial charge >= 0.3 is 5.97 Å². The highest BCUT2D eigenvalue weighted by Crippen LogP contribution is 2.01. The zero-order chi connectivity index (χ0) is 11.0. The van der Waals surface area contributed by atoms with E-state index in [1.807, 2.05) is 6.92 Å². The fraction of sp³-hybridized carbons (Fsp3) is 0.600. The molecule has 0 aliphatic carbocycles. The Bertz CT molecular complexity index is 220. The minimum atomic E-state index is -0.758. The lowest BCUT2D eigenvalue weighted by molar-refractivity contribution is -0.149. The fourth-order valence-corrected chi connectivity index (χ4v) is 0.739. The summed E-state index contributed by atoms with van der Waals surface area (Å²) in [5, 5.41) is 0. The summed E-state index contributed by atoms with van der Waals surface area (Å²) in [6, 6.07) is 0. The summed E-state index contributed by atoms with van der Waals surface area (Å²) < 4.78 is 9.54. The van der Waals surface area contributed by atoms with Crippen LogP contribution in [0.5, 0.6) is 0 Å². The molecule has 4 heteroatoms. The molecule has 80 valence electrons. The van der Waals surface area contributed by atoms with Gasteiger partial charge < -0.3 is 9.47 Å². The van der Waals surface area contributed by atoms with E-state index in [1.54, 1.807) is 6.92 Å². The van der Waals surface area contributed by atoms with Crippen molar-refractivity contribution >= 4 is 11.8 Å². The highest BCUT2D eigenvalue weighted by molar-refractivity contribution is 6.04. The minimum Gasteiger partial charge on any atom is -0.501 e. The predicted octanol–water partition coefficient (Wildman–Crippen LogP) is 1.30. The van der Waals surface area contributed by atoms with E-state index in [4.69, 9.17) is 9.47 Å². The van der Waals surface area contributed by atoms with E-state index in [0.29, 0.717) is 6.61 Å². The number of carbonyl (C=O) groups is 2. The summed E-state index contributed by atoms with van der Waals surface area (Å²) in [6.07, 6.45) is 2.53. The Morgan fingerprint density at radius 2 is 1.93 bits per heavy atom. The number of esters is 1. The SMILES string of the molecule is CCO/C=C/C(=O)[C@H](C)C(=O)OCC. The average Bonchev–Trinajstić information content (AvgIpc) is 2.17. The van der Waals surface area contributed by atoms with Gasteiger partial charge in [0.1, 0.15) is 5.92 Å². The Balaban J connectivity index is 4.04. The van der Waals surface area contributed by atoms with Gasteiger partial charge in [-0.05, 0) is 20.8 Å². The molecule has 0 saturated heterocycles. The van der Waals surface area contributed by atoms with Crippen molar-refractivity contribution in [2.24, 2.45) is 5.92 Å². The van der Waals surface area contributed by atoms with E-state index in [-0.39, 0.29) is 12.4 Å². The Hall–Kier alpha value is -1.32. The van der Waals surface area contributed by atoms with Crippen LogP contribution in [0.3, 0.4) is 0 Å². The van der Waals surface area contributed by atoms with Crippen LogP contribution in [-0.4, -0.2) is 25.0 Å². The van der Waals surface area contributed by atoms with Crippen molar-refractivity contribution in [3.05, 3.63) is 12.3 Å². The molecule has 0 rings (SSSR count). The lowest BCUT2D eigenvalue weighted by Gasteiger charge is -2.06. The van der Waals surface area contributed by atoms with Crippen LogP contribution in [0.25, 0.3) is 0 Å². The van der Waals surface area contributed by atoms with Crippen molar-refractivity contribution in [3.63, 3.8) is 0 Å². The molecule has 0 aromatic rings. The first-order valence-electron chi connectivity index (χ1n) is 4.62. The van der Waals surface area contributed by atoms with Gasteiger partial charge in [-0.15, -0.1) is 0 Å². The molecule has 0 aliphatic rings. The molecule has 0 aromatic heterocycles. The Morgan fingerprint density at radius 3 is 2.43 bits per heavy atom. The van der Waals surface area contributed by atoms with Crippen LogP contribution < -0.4 is 0 Å². The van der Waals surface area contributed by atoms with Crippen LogP contribution in [-0.2, 0) is 19.1 Å². The zero-order valence-electron chi connectivity index (χ0n) is 8.78. The second-order valence-electron chi connectivity index (χ2n) is 2.63. The molecular weight excluding hydrogens is 184 g/mol. The van der Waals surface area contributed by atoms with Gasteiger partial charge in [-0.3, -0.25) is 9.59 Å². The summed E-state index contributed by atoms with van der Waals surface area (Å²) in [4.78, 5) is 22.4. The van der Waals surface area contributed by atoms with Gasteiger partial charge in [-0.1, -0.05) is 0 Å². The molecule has 0 spiro atoms. The summed E-state index contributed by atoms with van der Waals surface area (Å²) in [5.74, 6) is -1.57. The van der Waals surface area contributed by atoms with E-state index >= 15 is 0 Å². The van der Waals surface area contributed by atoms with Crippen molar-refractivity contribution in [1.82, 2.24) is 0 Å². The van der Waals surface area contributed by atoms with E-state index < -0.39 is 11.9 Å². The molecule has 0 aliphatic heterocycles. The first kappa shape index (κ1) is 12.7. The summed E-state index contributed by atoms with van der Waals surface area (Å²) in [7, 11) is 0. The number of hydrogen-bond acceptors (Lipinski definition) is 4. The molecule has 0 unspecified atom stereocenters. The maximum Gasteiger partial charge on any atom is 0.316 e. The molecule has 0 bridgehead atoms. The number of carbonyl (C=O) groups excluding carboxylic acids is 2. The third-order valence-corrected chi connectivity index (χ3v) is 1.56. The molecule has 4 nitrogen and oxygen atoms in total. The molecule has 0 amide bonds. The Labute approximate surface area is 83.9 Å². The van der Waals surface area contributed by atoms with Crippen LogP contribution >= 0.6 is 0 Å². The minimum absolute atomic E-state index is 0.283. The standard InChI is InChI=1S/C10H16O4/c1-4-13-7-6-9(11)8(3)10(12)14-5-2/h6-8H,4-5H2,1-3H3/b7-6+/t8-/m0/s1. The number of ketones is 1. The summed E-state index contributed by atoms with van der Waals surface area (Å²) in [5.41, 5.74) is 0. The molecule has 0 aromatic carbocycles. The van der Waals surface area contributed by atoms with Crippen molar-refractivity contribution in [2.75, 3.05) is 13.2 Å². The fourth-order valence-electron chi connectivity index (χ4n) is 0.739. The lowest BCUT2D eigenvalue weighted by atomic mass is 10.1. The van der Waals surface area contributed by atoms with Crippen LogP contribution in [0.4, 0.5) is 0 Å². The van der Waals surface area contributed by atoms with Gasteiger partial charge in [0.05, 0.1) is 19.5 Å². The second-order valence-corrected chi connectivity index (χ2v) is 2.63. The monoisotopic (exact) mass is 200 g/mol. The molecule has 0 fully saturated rings. The van der Waals surface area contributed by atoms with Crippen LogP contribution in [0.2, 0.25) is 0 Å². The molecule has 1 atom stereocenters. The maximum atomic E-state index is 11.3. The van der Waals surface area contributed by atoms with E-state index in [9.17, 15) is 9.59 Å². The molecule has 0 saturated carbocycles. The topological polar surface area (TPSA) is 52.6 Å². The van der Waals surface area contributed by atoms with Crippen molar-refractivity contribution in [2.45, 2.75) is 20.8 Å². The van der Waals surface area contributed by atoms with Crippen molar-refractivity contribution in [3.8, 4) is 0 Å². The predicted molar refractivity (Wildman–Crippen MR) is 51.6 cm³/mol. The molecule has 0 heterocycles. The number of allylic oxidation sites excluding steroid dienone is 1. The van der Waals surface area contributed by atoms with Crippen LogP contribution in [0.15, 0.2) is 12.3 Å². The van der Waals surface area contributed by atoms with Crippen LogP contribution in [0, 0.1) is 5.92 Å². The normalized spacial score (nSPS) is 12.5. The van der Waals surface area contributed by atoms with Crippen molar-refractivity contribution in [1.29, 1.82) is 0 Å². The first-order valence-corrected chi connectivity index (χ1v) is 4.62. The van der Waals surface area contributed by atoms with Crippen molar-refractivity contribution < 1.29 is 19.1 Å². The third-order valence-electron chi connectivity index (χ3n) is 1.56. The third kappa shape index (κ3) is 4.64. The van der Waals surface area contributed by atoms with Gasteiger partial charge in [0, 0.05) is 6.08 Å². The second kappa shape index (κ2) is 7.12. The maximum absolute atomic E-state index is 11.3. The van der Waals surface area contributed by atoms with Crippen LogP contribution in [0.1, 0.15) is 20.8 Å². The Kier molecular flexibility index (Phi) is 6.45. The molecular formula is C10H16O4. The highest BCUT2D eigenvalue weighted by Gasteiger charge is 2.20. The van der Waals surface area contributed by atoms with E-state index in [0.717, 1.165) is 0 Å². The first-order chi connectivity index (χ1) is 6.63. The van der Waals surface area contributed by atoms with Gasteiger partial charge in [0.15, 0.2) is 5.78 Å². The largest absolute Gasteiger partial charge is 0.501 e. The molecule has 14 heavy (non-hydrogen) atoms. The number of ether oxygens (including phenoxy) is 2. The van der Waals surface area contributed by atoms with Gasteiger partial charge in [-0.25, -0.2) is 0 Å². The van der Waals surface area contributed by atoms with Gasteiger partial charge in [0.25, 0.3) is 0 Å². The highest BCUT2D eigenvalue weighted by atomic mass is 16.5. The molecule has 0 radical (unpaired) electrons. The quantitative estimate of drug-likeness (QED) is 0.281. The van der Waals surface area contributed by atoms with Gasteiger partial charge in [0.2, 0.25) is 0 Å². The van der Waals surface area contributed by atoms with Gasteiger partial charge in [-0.2, -0.15) is 0 Å². The van der Waals surface area contributed by atoms with E-state index in [2.05, 4.69) is 0 Å². The smallest absolute Gasteiger partial charge is 0.316 e. The summed E-state index contributed by atoms with van der Waals surface area (Å²) >= 11 is 0. The number of hydrogen-bond donors (Lipinski definition) is 0. The van der Waals surface area contributed by atoms with E-state index in [1.165, 1.54) is 19.3 Å². The summed E-state index contributed by atoms with van der Waals surface area (Å²) in [6.45, 7) is 5.80. The zero-order valence-corrected chi connectivity index (χ0v) is 8.78. The Morgan fingerprint density at radius 1 is 1.29 bits per heavy atom.